The molecule has 1 aliphatic rings. The molecule has 6 nitrogen and oxygen atoms in total. The van der Waals surface area contributed by atoms with Crippen molar-refractivity contribution in [1.29, 1.82) is 0 Å². The van der Waals surface area contributed by atoms with Gasteiger partial charge in [-0.1, -0.05) is 36.8 Å². The molecule has 0 radical (unpaired) electrons. The van der Waals surface area contributed by atoms with Gasteiger partial charge in [0.15, 0.2) is 5.96 Å². The molecule has 0 amide bonds. The molecule has 0 spiro atoms. The number of rotatable bonds is 5. The predicted molar refractivity (Wildman–Crippen MR) is 106 cm³/mol. The van der Waals surface area contributed by atoms with E-state index < -0.39 is 0 Å². The van der Waals surface area contributed by atoms with E-state index in [1.807, 2.05) is 11.6 Å². The van der Waals surface area contributed by atoms with Gasteiger partial charge in [0.05, 0.1) is 6.54 Å². The molecule has 3 rings (SSSR count). The summed E-state index contributed by atoms with van der Waals surface area (Å²) in [4.78, 5) is 9.30. The van der Waals surface area contributed by atoms with Gasteiger partial charge in [-0.3, -0.25) is 4.99 Å². The lowest BCUT2D eigenvalue weighted by atomic mass is 10.00. The van der Waals surface area contributed by atoms with E-state index in [1.54, 1.807) is 0 Å². The van der Waals surface area contributed by atoms with E-state index >= 15 is 0 Å². The van der Waals surface area contributed by atoms with Crippen molar-refractivity contribution in [1.82, 2.24) is 25.4 Å². The minimum atomic E-state index is 0.329. The number of guanidine groups is 1. The molecule has 0 saturated heterocycles. The van der Waals surface area contributed by atoms with Crippen molar-refractivity contribution in [3.05, 3.63) is 47.0 Å². The largest absolute Gasteiger partial charge is 0.357 e. The summed E-state index contributed by atoms with van der Waals surface area (Å²) < 4.78 is 2.02. The van der Waals surface area contributed by atoms with Gasteiger partial charge in [0.2, 0.25) is 0 Å². The second-order valence-electron chi connectivity index (χ2n) is 7.17. The summed E-state index contributed by atoms with van der Waals surface area (Å²) >= 11 is 0. The van der Waals surface area contributed by atoms with Crippen molar-refractivity contribution in [3.8, 4) is 0 Å². The van der Waals surface area contributed by atoms with Crippen LogP contribution in [0.25, 0.3) is 0 Å². The second-order valence-corrected chi connectivity index (χ2v) is 7.17. The van der Waals surface area contributed by atoms with E-state index in [4.69, 9.17) is 4.99 Å². The van der Waals surface area contributed by atoms with Crippen molar-refractivity contribution < 1.29 is 0 Å². The molecule has 0 fully saturated rings. The maximum atomic E-state index is 4.82. The number of fused-ring (bicyclic) bond motifs is 1. The Kier molecular flexibility index (Phi) is 5.91. The van der Waals surface area contributed by atoms with Crippen molar-refractivity contribution in [3.63, 3.8) is 0 Å². The van der Waals surface area contributed by atoms with Gasteiger partial charge >= 0.3 is 0 Å². The lowest BCUT2D eigenvalue weighted by Gasteiger charge is -2.25. The number of hydrogen-bond acceptors (Lipinski definition) is 3. The summed E-state index contributed by atoms with van der Waals surface area (Å²) in [5.41, 5.74) is 2.63. The van der Waals surface area contributed by atoms with Gasteiger partial charge in [0.1, 0.15) is 11.6 Å². The first-order chi connectivity index (χ1) is 12.5. The molecule has 2 N–H and O–H groups in total. The summed E-state index contributed by atoms with van der Waals surface area (Å²) in [7, 11) is 0. The van der Waals surface area contributed by atoms with E-state index in [2.05, 4.69) is 65.8 Å². The zero-order chi connectivity index (χ0) is 18.5. The fraction of sp³-hybridized carbons (Fsp3) is 0.550. The van der Waals surface area contributed by atoms with Crippen LogP contribution in [-0.2, 0) is 13.0 Å². The Morgan fingerprint density at radius 2 is 2.23 bits per heavy atom. The molecule has 140 valence electrons. The van der Waals surface area contributed by atoms with Gasteiger partial charge in [-0.05, 0) is 32.8 Å². The minimum absolute atomic E-state index is 0.329. The molecule has 1 aliphatic heterocycles. The molecule has 2 unspecified atom stereocenters. The second kappa shape index (κ2) is 8.34. The van der Waals surface area contributed by atoms with Crippen LogP contribution in [0.1, 0.15) is 49.0 Å². The predicted octanol–water partition coefficient (Wildman–Crippen LogP) is 2.57. The van der Waals surface area contributed by atoms with Gasteiger partial charge in [0, 0.05) is 31.5 Å². The third-order valence-electron chi connectivity index (χ3n) is 4.78. The zero-order valence-electron chi connectivity index (χ0n) is 16.3. The summed E-state index contributed by atoms with van der Waals surface area (Å²) in [6, 6.07) is 9.01. The third-order valence-corrected chi connectivity index (χ3v) is 4.78. The number of aliphatic imine (C=N–C) groups is 1. The average Bonchev–Trinajstić information content (AvgIpc) is 2.99. The van der Waals surface area contributed by atoms with Crippen molar-refractivity contribution >= 4 is 5.96 Å². The highest BCUT2D eigenvalue weighted by Crippen LogP contribution is 2.17. The Morgan fingerprint density at radius 1 is 1.38 bits per heavy atom. The van der Waals surface area contributed by atoms with Crippen LogP contribution < -0.4 is 10.6 Å². The van der Waals surface area contributed by atoms with Crippen LogP contribution in [-0.4, -0.2) is 39.9 Å². The maximum Gasteiger partial charge on any atom is 0.191 e. The maximum absolute atomic E-state index is 4.82. The first-order valence-corrected chi connectivity index (χ1v) is 9.57. The van der Waals surface area contributed by atoms with Crippen LogP contribution in [0.15, 0.2) is 29.3 Å². The van der Waals surface area contributed by atoms with Gasteiger partial charge in [-0.2, -0.15) is 5.10 Å². The van der Waals surface area contributed by atoms with Crippen molar-refractivity contribution in [2.45, 2.75) is 59.0 Å². The van der Waals surface area contributed by atoms with Crippen LogP contribution in [0, 0.1) is 13.8 Å². The first-order valence-electron chi connectivity index (χ1n) is 9.57. The number of aryl methyl sites for hydroxylation is 3. The highest BCUT2D eigenvalue weighted by Gasteiger charge is 2.21. The Balaban J connectivity index is 1.62. The SMILES string of the molecule is CCNC(=NCC(C)c1cccc(C)c1)NC1CCc2nc(C)nn2C1. The van der Waals surface area contributed by atoms with Gasteiger partial charge in [-0.15, -0.1) is 0 Å². The molecule has 1 aromatic heterocycles. The molecule has 2 atom stereocenters. The van der Waals surface area contributed by atoms with E-state index in [-0.39, 0.29) is 0 Å². The number of nitrogens with zero attached hydrogens (tertiary/aromatic N) is 4. The quantitative estimate of drug-likeness (QED) is 0.640. The lowest BCUT2D eigenvalue weighted by Crippen LogP contribution is -2.47. The minimum Gasteiger partial charge on any atom is -0.357 e. The van der Waals surface area contributed by atoms with Crippen LogP contribution in [0.4, 0.5) is 0 Å². The smallest absolute Gasteiger partial charge is 0.191 e. The van der Waals surface area contributed by atoms with E-state index in [0.717, 1.165) is 50.1 Å². The van der Waals surface area contributed by atoms with Crippen LogP contribution in [0.3, 0.4) is 0 Å². The molecular formula is C20H30N6. The summed E-state index contributed by atoms with van der Waals surface area (Å²) in [5, 5.41) is 11.4. The van der Waals surface area contributed by atoms with Crippen LogP contribution in [0.5, 0.6) is 0 Å². The molecule has 1 aromatic carbocycles. The number of nitrogens with one attached hydrogen (secondary N) is 2. The first kappa shape index (κ1) is 18.4. The molecule has 6 heteroatoms. The molecule has 2 aromatic rings. The lowest BCUT2D eigenvalue weighted by molar-refractivity contribution is 0.392. The fourth-order valence-corrected chi connectivity index (χ4v) is 3.38. The Hall–Kier alpha value is -2.37. The molecule has 0 aliphatic carbocycles. The number of aromatic nitrogens is 3. The monoisotopic (exact) mass is 354 g/mol. The summed E-state index contributed by atoms with van der Waals surface area (Å²) in [6.45, 7) is 10.9. The van der Waals surface area contributed by atoms with E-state index in [0.29, 0.717) is 12.0 Å². The Bertz CT molecular complexity index is 763. The fourth-order valence-electron chi connectivity index (χ4n) is 3.38. The van der Waals surface area contributed by atoms with Crippen molar-refractivity contribution in [2.75, 3.05) is 13.1 Å². The topological polar surface area (TPSA) is 67.1 Å². The Morgan fingerprint density at radius 3 is 3.00 bits per heavy atom. The third kappa shape index (κ3) is 4.62. The molecule has 0 bridgehead atoms. The van der Waals surface area contributed by atoms with E-state index in [9.17, 15) is 0 Å². The normalized spacial score (nSPS) is 18.3. The van der Waals surface area contributed by atoms with Crippen LogP contribution >= 0.6 is 0 Å². The van der Waals surface area contributed by atoms with Crippen LogP contribution in [0.2, 0.25) is 0 Å². The van der Waals surface area contributed by atoms with Crippen molar-refractivity contribution in [2.24, 2.45) is 4.99 Å². The highest BCUT2D eigenvalue weighted by atomic mass is 15.4. The molecule has 0 saturated carbocycles. The Labute approximate surface area is 156 Å². The molecular weight excluding hydrogens is 324 g/mol. The average molecular weight is 355 g/mol. The number of benzene rings is 1. The standard InChI is InChI=1S/C20H30N6/c1-5-21-20(22-12-15(3)17-8-6-7-14(2)11-17)24-18-9-10-19-23-16(4)25-26(19)13-18/h6-8,11,15,18H,5,9-10,12-13H2,1-4H3,(H2,21,22,24). The molecule has 26 heavy (non-hydrogen) atoms. The number of hydrogen-bond donors (Lipinski definition) is 2. The van der Waals surface area contributed by atoms with Gasteiger partial charge in [0.25, 0.3) is 0 Å². The van der Waals surface area contributed by atoms with E-state index in [1.165, 1.54) is 11.1 Å². The van der Waals surface area contributed by atoms with Gasteiger partial charge < -0.3 is 10.6 Å². The summed E-state index contributed by atoms with van der Waals surface area (Å²) in [5.74, 6) is 3.22. The molecule has 2 heterocycles. The summed E-state index contributed by atoms with van der Waals surface area (Å²) in [6.07, 6.45) is 2.01. The van der Waals surface area contributed by atoms with Gasteiger partial charge in [-0.25, -0.2) is 9.67 Å². The zero-order valence-corrected chi connectivity index (χ0v) is 16.3. The highest BCUT2D eigenvalue weighted by molar-refractivity contribution is 5.80.